The zero-order valence-electron chi connectivity index (χ0n) is 15.2. The number of rotatable bonds is 8. The summed E-state index contributed by atoms with van der Waals surface area (Å²) in [6.07, 6.45) is 0.910. The molecule has 1 aromatic heterocycles. The summed E-state index contributed by atoms with van der Waals surface area (Å²) in [6.45, 7) is 3.16. The summed E-state index contributed by atoms with van der Waals surface area (Å²) >= 11 is 9.00. The van der Waals surface area contributed by atoms with Crippen molar-refractivity contribution in [3.8, 4) is 22.9 Å². The molecule has 0 aliphatic heterocycles. The summed E-state index contributed by atoms with van der Waals surface area (Å²) in [6, 6.07) is 13.7. The molecule has 0 fully saturated rings. The van der Waals surface area contributed by atoms with E-state index < -0.39 is 0 Å². The van der Waals surface area contributed by atoms with E-state index >= 15 is 0 Å². The normalized spacial score (nSPS) is 10.6. The van der Waals surface area contributed by atoms with Gasteiger partial charge in [0.15, 0.2) is 17.3 Å². The first kappa shape index (κ1) is 19.4. The van der Waals surface area contributed by atoms with Crippen molar-refractivity contribution in [2.24, 2.45) is 0 Å². The van der Waals surface area contributed by atoms with Crippen LogP contribution >= 0.6 is 28.1 Å². The van der Waals surface area contributed by atoms with Crippen LogP contribution < -0.4 is 14.9 Å². The first-order chi connectivity index (χ1) is 13.2. The van der Waals surface area contributed by atoms with Crippen molar-refractivity contribution >= 4 is 28.1 Å². The molecule has 1 heterocycles. The monoisotopic (exact) mass is 448 g/mol. The largest absolute Gasteiger partial charge is 0.493 e. The van der Waals surface area contributed by atoms with Gasteiger partial charge in [0, 0.05) is 15.6 Å². The van der Waals surface area contributed by atoms with E-state index in [1.165, 1.54) is 0 Å². The Kier molecular flexibility index (Phi) is 6.52. The van der Waals surface area contributed by atoms with Gasteiger partial charge in [0.2, 0.25) is 4.77 Å². The zero-order valence-corrected chi connectivity index (χ0v) is 17.6. The molecule has 0 spiro atoms. The fourth-order valence-electron chi connectivity index (χ4n) is 2.65. The van der Waals surface area contributed by atoms with Gasteiger partial charge < -0.3 is 14.9 Å². The van der Waals surface area contributed by atoms with Crippen molar-refractivity contribution in [1.82, 2.24) is 14.9 Å². The van der Waals surface area contributed by atoms with Crippen molar-refractivity contribution in [2.45, 2.75) is 19.9 Å². The average molecular weight is 449 g/mol. The minimum absolute atomic E-state index is 0.477. The Balaban J connectivity index is 1.92. The summed E-state index contributed by atoms with van der Waals surface area (Å²) in [4.78, 5) is 0. The maximum atomic E-state index is 5.95. The molecule has 0 aliphatic carbocycles. The molecule has 3 aromatic rings. The number of hydrogen-bond donors (Lipinski definition) is 2. The molecular formula is C19H21BrN4O2S. The van der Waals surface area contributed by atoms with Crippen LogP contribution in [0.25, 0.3) is 11.4 Å². The first-order valence-corrected chi connectivity index (χ1v) is 9.80. The number of H-pyrrole nitrogens is 1. The van der Waals surface area contributed by atoms with Gasteiger partial charge >= 0.3 is 0 Å². The number of ether oxygens (including phenoxy) is 2. The molecular weight excluding hydrogens is 428 g/mol. The predicted octanol–water partition coefficient (Wildman–Crippen LogP) is 4.91. The fraction of sp³-hybridized carbons (Fsp3) is 0.263. The second kappa shape index (κ2) is 9.05. The van der Waals surface area contributed by atoms with Crippen LogP contribution in [0.3, 0.4) is 0 Å². The first-order valence-electron chi connectivity index (χ1n) is 8.60. The number of aromatic amines is 1. The van der Waals surface area contributed by atoms with Crippen molar-refractivity contribution in [1.29, 1.82) is 0 Å². The van der Waals surface area contributed by atoms with E-state index in [0.717, 1.165) is 33.6 Å². The summed E-state index contributed by atoms with van der Waals surface area (Å²) < 4.78 is 14.6. The molecule has 142 valence electrons. The number of nitrogens with zero attached hydrogens (tertiary/aromatic N) is 2. The number of halogens is 1. The van der Waals surface area contributed by atoms with Crippen LogP contribution in [-0.4, -0.2) is 28.6 Å². The molecule has 0 aliphatic rings. The second-order valence-electron chi connectivity index (χ2n) is 5.79. The van der Waals surface area contributed by atoms with E-state index in [1.54, 1.807) is 11.8 Å². The van der Waals surface area contributed by atoms with Crippen molar-refractivity contribution in [3.05, 3.63) is 57.3 Å². The van der Waals surface area contributed by atoms with Gasteiger partial charge in [-0.2, -0.15) is 5.10 Å². The van der Waals surface area contributed by atoms with Gasteiger partial charge in [-0.15, -0.1) is 0 Å². The molecule has 0 radical (unpaired) electrons. The Hall–Kier alpha value is -2.32. The highest BCUT2D eigenvalue weighted by molar-refractivity contribution is 9.10. The highest BCUT2D eigenvalue weighted by Gasteiger charge is 2.16. The Morgan fingerprint density at radius 3 is 2.70 bits per heavy atom. The molecule has 0 atom stereocenters. The van der Waals surface area contributed by atoms with Crippen molar-refractivity contribution in [2.75, 3.05) is 19.1 Å². The Morgan fingerprint density at radius 2 is 2.00 bits per heavy atom. The van der Waals surface area contributed by atoms with Crippen molar-refractivity contribution in [3.63, 3.8) is 0 Å². The van der Waals surface area contributed by atoms with Gasteiger partial charge in [0.25, 0.3) is 0 Å². The van der Waals surface area contributed by atoms with Crippen molar-refractivity contribution < 1.29 is 9.47 Å². The van der Waals surface area contributed by atoms with Gasteiger partial charge in [-0.1, -0.05) is 53.2 Å². The number of nitrogens with one attached hydrogen (secondary N) is 2. The molecule has 2 aromatic carbocycles. The lowest BCUT2D eigenvalue weighted by atomic mass is 10.2. The molecule has 0 saturated heterocycles. The summed E-state index contributed by atoms with van der Waals surface area (Å²) in [7, 11) is 1.64. The highest BCUT2D eigenvalue weighted by Crippen LogP contribution is 2.36. The number of methoxy groups -OCH3 is 1. The maximum Gasteiger partial charge on any atom is 0.214 e. The average Bonchev–Trinajstić information content (AvgIpc) is 3.06. The number of benzene rings is 2. The van der Waals surface area contributed by atoms with E-state index in [2.05, 4.69) is 38.5 Å². The molecule has 0 saturated carbocycles. The van der Waals surface area contributed by atoms with Crippen LogP contribution in [-0.2, 0) is 6.54 Å². The smallest absolute Gasteiger partial charge is 0.214 e. The molecule has 3 rings (SSSR count). The SMILES string of the molecule is CCCOc1c(OC)ccc(Br)c1CNn1c(-c2ccccc2)n[nH]c1=S. The molecule has 0 bridgehead atoms. The minimum atomic E-state index is 0.477. The Morgan fingerprint density at radius 1 is 1.22 bits per heavy atom. The molecule has 27 heavy (non-hydrogen) atoms. The summed E-state index contributed by atoms with van der Waals surface area (Å²) in [5.74, 6) is 2.13. The van der Waals surface area contributed by atoms with Crippen LogP contribution in [0.2, 0.25) is 0 Å². The second-order valence-corrected chi connectivity index (χ2v) is 7.04. The lowest BCUT2D eigenvalue weighted by molar-refractivity contribution is 0.291. The van der Waals surface area contributed by atoms with Gasteiger partial charge in [0.05, 0.1) is 20.3 Å². The quantitative estimate of drug-likeness (QED) is 0.479. The standard InChI is InChI=1S/C19H21BrN4O2S/c1-3-11-26-17-14(15(20)9-10-16(17)25-2)12-21-24-18(22-23-19(24)27)13-7-5-4-6-8-13/h4-10,21H,3,11-12H2,1-2H3,(H,23,27). The Labute approximate surface area is 171 Å². The molecule has 6 nitrogen and oxygen atoms in total. The third-order valence-corrected chi connectivity index (χ3v) is 4.97. The van der Waals surface area contributed by atoms with E-state index in [1.807, 2.05) is 42.5 Å². The zero-order chi connectivity index (χ0) is 19.2. The fourth-order valence-corrected chi connectivity index (χ4v) is 3.30. The molecule has 0 amide bonds. The van der Waals surface area contributed by atoms with Gasteiger partial charge in [-0.25, -0.2) is 9.77 Å². The molecule has 2 N–H and O–H groups in total. The van der Waals surface area contributed by atoms with E-state index in [4.69, 9.17) is 21.7 Å². The topological polar surface area (TPSA) is 64.1 Å². The lowest BCUT2D eigenvalue weighted by Gasteiger charge is -2.18. The summed E-state index contributed by atoms with van der Waals surface area (Å²) in [5, 5.41) is 7.19. The molecule has 0 unspecified atom stereocenters. The van der Waals surface area contributed by atoms with E-state index in [0.29, 0.717) is 23.7 Å². The van der Waals surface area contributed by atoms with Crippen LogP contribution in [0.5, 0.6) is 11.5 Å². The third-order valence-electron chi connectivity index (χ3n) is 3.96. The maximum absolute atomic E-state index is 5.95. The highest BCUT2D eigenvalue weighted by atomic mass is 79.9. The predicted molar refractivity (Wildman–Crippen MR) is 112 cm³/mol. The van der Waals surface area contributed by atoms with Crippen LogP contribution in [0, 0.1) is 4.77 Å². The van der Waals surface area contributed by atoms with Gasteiger partial charge in [0.1, 0.15) is 0 Å². The number of aromatic nitrogens is 3. The van der Waals surface area contributed by atoms with Crippen LogP contribution in [0.15, 0.2) is 46.9 Å². The van der Waals surface area contributed by atoms with Crippen LogP contribution in [0.1, 0.15) is 18.9 Å². The van der Waals surface area contributed by atoms with E-state index in [9.17, 15) is 0 Å². The van der Waals surface area contributed by atoms with E-state index in [-0.39, 0.29) is 0 Å². The van der Waals surface area contributed by atoms with Crippen LogP contribution in [0.4, 0.5) is 0 Å². The van der Waals surface area contributed by atoms with Gasteiger partial charge in [-0.05, 0) is 30.8 Å². The number of hydrogen-bond acceptors (Lipinski definition) is 5. The molecule has 8 heteroatoms. The summed E-state index contributed by atoms with van der Waals surface area (Å²) in [5.41, 5.74) is 5.25. The minimum Gasteiger partial charge on any atom is -0.493 e. The Bertz CT molecular complexity index is 956. The third kappa shape index (κ3) is 4.33. The van der Waals surface area contributed by atoms with Gasteiger partial charge in [-0.3, -0.25) is 0 Å². The lowest BCUT2D eigenvalue weighted by Crippen LogP contribution is -2.17.